The van der Waals surface area contributed by atoms with Crippen LogP contribution in [-0.2, 0) is 29.1 Å². The van der Waals surface area contributed by atoms with E-state index < -0.39 is 6.04 Å². The lowest BCUT2D eigenvalue weighted by Crippen LogP contribution is -2.48. The fourth-order valence-electron chi connectivity index (χ4n) is 3.47. The molecule has 0 radical (unpaired) electrons. The molecule has 3 rings (SSSR count). The van der Waals surface area contributed by atoms with Crippen molar-refractivity contribution in [3.63, 3.8) is 0 Å². The molecule has 0 saturated carbocycles. The Bertz CT molecular complexity index is 1110. The van der Waals surface area contributed by atoms with Crippen LogP contribution in [0.1, 0.15) is 23.6 Å². The molecule has 34 heavy (non-hydrogen) atoms. The van der Waals surface area contributed by atoms with Crippen LogP contribution >= 0.6 is 0 Å². The monoisotopic (exact) mass is 465 g/mol. The van der Waals surface area contributed by atoms with E-state index >= 15 is 0 Å². The van der Waals surface area contributed by atoms with Gasteiger partial charge in [-0.05, 0) is 60.0 Å². The van der Waals surface area contributed by atoms with Crippen LogP contribution in [-0.4, -0.2) is 42.0 Å². The zero-order valence-corrected chi connectivity index (χ0v) is 19.5. The standard InChI is InChI=1S/C26H28FN3O4/c1-18(26(32)29-16-19-10-12-28-13-11-19)30(17-20-4-7-22(27)8-5-20)25(31)15-21-6-9-23(33-2)24(14-21)34-3/h4-14,18H,15-17H2,1-3H3,(H,29,32). The van der Waals surface area contributed by atoms with Crippen LogP contribution in [0.2, 0.25) is 0 Å². The van der Waals surface area contributed by atoms with Crippen molar-refractivity contribution in [1.29, 1.82) is 0 Å². The molecule has 178 valence electrons. The van der Waals surface area contributed by atoms with E-state index in [0.717, 1.165) is 16.7 Å². The molecule has 1 heterocycles. The van der Waals surface area contributed by atoms with Crippen LogP contribution in [0.5, 0.6) is 11.5 Å². The molecular weight excluding hydrogens is 437 g/mol. The zero-order chi connectivity index (χ0) is 24.5. The molecule has 0 bridgehead atoms. The minimum Gasteiger partial charge on any atom is -0.493 e. The summed E-state index contributed by atoms with van der Waals surface area (Å²) in [7, 11) is 3.07. The first-order valence-electron chi connectivity index (χ1n) is 10.8. The highest BCUT2D eigenvalue weighted by Gasteiger charge is 2.26. The minimum atomic E-state index is -0.750. The van der Waals surface area contributed by atoms with Crippen molar-refractivity contribution in [2.75, 3.05) is 14.2 Å². The number of halogens is 1. The summed E-state index contributed by atoms with van der Waals surface area (Å²) >= 11 is 0. The third-order valence-corrected chi connectivity index (χ3v) is 5.45. The Hall–Kier alpha value is -3.94. The van der Waals surface area contributed by atoms with Gasteiger partial charge in [-0.25, -0.2) is 4.39 Å². The van der Waals surface area contributed by atoms with Gasteiger partial charge in [0.15, 0.2) is 11.5 Å². The minimum absolute atomic E-state index is 0.0591. The van der Waals surface area contributed by atoms with E-state index in [9.17, 15) is 14.0 Å². The Balaban J connectivity index is 1.78. The molecule has 1 unspecified atom stereocenters. The number of carbonyl (C=O) groups excluding carboxylic acids is 2. The number of amides is 2. The Morgan fingerprint density at radius 1 is 0.941 bits per heavy atom. The van der Waals surface area contributed by atoms with Crippen molar-refractivity contribution in [3.8, 4) is 11.5 Å². The molecule has 1 N–H and O–H groups in total. The van der Waals surface area contributed by atoms with Gasteiger partial charge in [-0.1, -0.05) is 18.2 Å². The predicted octanol–water partition coefficient (Wildman–Crippen LogP) is 3.51. The molecule has 0 fully saturated rings. The van der Waals surface area contributed by atoms with E-state index in [2.05, 4.69) is 10.3 Å². The fraction of sp³-hybridized carbons (Fsp3) is 0.269. The summed E-state index contributed by atoms with van der Waals surface area (Å²) in [4.78, 5) is 31.7. The number of ether oxygens (including phenoxy) is 2. The number of hydrogen-bond acceptors (Lipinski definition) is 5. The predicted molar refractivity (Wildman–Crippen MR) is 126 cm³/mol. The molecule has 7 nitrogen and oxygen atoms in total. The number of pyridine rings is 1. The first kappa shape index (κ1) is 24.7. The number of aromatic nitrogens is 1. The zero-order valence-electron chi connectivity index (χ0n) is 19.5. The number of carbonyl (C=O) groups is 2. The smallest absolute Gasteiger partial charge is 0.242 e. The first-order valence-corrected chi connectivity index (χ1v) is 10.8. The average Bonchev–Trinajstić information content (AvgIpc) is 2.86. The van der Waals surface area contributed by atoms with Crippen molar-refractivity contribution < 1.29 is 23.5 Å². The van der Waals surface area contributed by atoms with E-state index in [4.69, 9.17) is 9.47 Å². The van der Waals surface area contributed by atoms with Gasteiger partial charge >= 0.3 is 0 Å². The topological polar surface area (TPSA) is 80.8 Å². The Kier molecular flexibility index (Phi) is 8.56. The van der Waals surface area contributed by atoms with Crippen LogP contribution in [0, 0.1) is 5.82 Å². The molecule has 0 saturated heterocycles. The van der Waals surface area contributed by atoms with Crippen molar-refractivity contribution in [1.82, 2.24) is 15.2 Å². The summed E-state index contributed by atoms with van der Waals surface area (Å²) in [5, 5.41) is 2.87. The largest absolute Gasteiger partial charge is 0.493 e. The Morgan fingerprint density at radius 2 is 1.59 bits per heavy atom. The van der Waals surface area contributed by atoms with E-state index in [1.165, 1.54) is 24.1 Å². The first-order chi connectivity index (χ1) is 16.4. The van der Waals surface area contributed by atoms with Crippen molar-refractivity contribution in [2.24, 2.45) is 0 Å². The molecule has 0 spiro atoms. The van der Waals surface area contributed by atoms with E-state index in [1.807, 2.05) is 12.1 Å². The van der Waals surface area contributed by atoms with E-state index in [0.29, 0.717) is 18.0 Å². The molecule has 2 aromatic carbocycles. The molecule has 3 aromatic rings. The average molecular weight is 466 g/mol. The fourth-order valence-corrected chi connectivity index (χ4v) is 3.47. The lowest BCUT2D eigenvalue weighted by Gasteiger charge is -2.29. The van der Waals surface area contributed by atoms with Crippen molar-refractivity contribution >= 4 is 11.8 Å². The SMILES string of the molecule is COc1ccc(CC(=O)N(Cc2ccc(F)cc2)C(C)C(=O)NCc2ccncc2)cc1OC. The number of nitrogens with zero attached hydrogens (tertiary/aromatic N) is 2. The van der Waals surface area contributed by atoms with Gasteiger partial charge in [0, 0.05) is 25.5 Å². The van der Waals surface area contributed by atoms with Crippen LogP contribution in [0.3, 0.4) is 0 Å². The number of methoxy groups -OCH3 is 2. The van der Waals surface area contributed by atoms with Crippen LogP contribution < -0.4 is 14.8 Å². The Morgan fingerprint density at radius 3 is 2.24 bits per heavy atom. The maximum absolute atomic E-state index is 13.4. The van der Waals surface area contributed by atoms with Gasteiger partial charge in [-0.15, -0.1) is 0 Å². The highest BCUT2D eigenvalue weighted by Crippen LogP contribution is 2.28. The van der Waals surface area contributed by atoms with Crippen molar-refractivity contribution in [3.05, 3.63) is 89.5 Å². The molecule has 2 amide bonds. The number of nitrogens with one attached hydrogen (secondary N) is 1. The molecule has 1 atom stereocenters. The molecule has 0 aliphatic rings. The van der Waals surface area contributed by atoms with E-state index in [1.54, 1.807) is 56.8 Å². The van der Waals surface area contributed by atoms with Crippen molar-refractivity contribution in [2.45, 2.75) is 32.5 Å². The Labute approximate surface area is 198 Å². The second-order valence-corrected chi connectivity index (χ2v) is 7.76. The van der Waals surface area contributed by atoms with Gasteiger partial charge in [0.05, 0.1) is 20.6 Å². The van der Waals surface area contributed by atoms with Crippen LogP contribution in [0.15, 0.2) is 67.0 Å². The van der Waals surface area contributed by atoms with Gasteiger partial charge < -0.3 is 19.7 Å². The van der Waals surface area contributed by atoms with Gasteiger partial charge in [0.2, 0.25) is 11.8 Å². The van der Waals surface area contributed by atoms with E-state index in [-0.39, 0.29) is 30.6 Å². The molecular formula is C26H28FN3O4. The van der Waals surface area contributed by atoms with Crippen LogP contribution in [0.25, 0.3) is 0 Å². The highest BCUT2D eigenvalue weighted by molar-refractivity contribution is 5.88. The summed E-state index contributed by atoms with van der Waals surface area (Å²) in [5.74, 6) is 0.171. The lowest BCUT2D eigenvalue weighted by atomic mass is 10.1. The second kappa shape index (κ2) is 11.8. The third-order valence-electron chi connectivity index (χ3n) is 5.45. The molecule has 0 aliphatic heterocycles. The molecule has 0 aliphatic carbocycles. The maximum Gasteiger partial charge on any atom is 0.242 e. The van der Waals surface area contributed by atoms with Gasteiger partial charge in [-0.3, -0.25) is 14.6 Å². The third kappa shape index (κ3) is 6.54. The summed E-state index contributed by atoms with van der Waals surface area (Å²) in [6, 6.07) is 14.0. The molecule has 8 heteroatoms. The van der Waals surface area contributed by atoms with Crippen LogP contribution in [0.4, 0.5) is 4.39 Å². The summed E-state index contributed by atoms with van der Waals surface area (Å²) < 4.78 is 24.0. The second-order valence-electron chi connectivity index (χ2n) is 7.76. The lowest BCUT2D eigenvalue weighted by molar-refractivity contribution is -0.140. The maximum atomic E-state index is 13.4. The van der Waals surface area contributed by atoms with Gasteiger partial charge in [0.25, 0.3) is 0 Å². The summed E-state index contributed by atoms with van der Waals surface area (Å²) in [5.41, 5.74) is 2.34. The molecule has 1 aromatic heterocycles. The van der Waals surface area contributed by atoms with Gasteiger partial charge in [0.1, 0.15) is 11.9 Å². The highest BCUT2D eigenvalue weighted by atomic mass is 19.1. The number of hydrogen-bond donors (Lipinski definition) is 1. The normalized spacial score (nSPS) is 11.4. The quantitative estimate of drug-likeness (QED) is 0.496. The number of benzene rings is 2. The van der Waals surface area contributed by atoms with Gasteiger partial charge in [-0.2, -0.15) is 0 Å². The summed E-state index contributed by atoms with van der Waals surface area (Å²) in [6.45, 7) is 2.16. The summed E-state index contributed by atoms with van der Waals surface area (Å²) in [6.07, 6.45) is 3.36. The number of rotatable bonds is 10.